The number of hydrogen-bond acceptors (Lipinski definition) is 4. The van der Waals surface area contributed by atoms with Gasteiger partial charge in [-0.25, -0.2) is 23.5 Å². The van der Waals surface area contributed by atoms with E-state index < -0.39 is 15.3 Å². The second-order valence-corrected chi connectivity index (χ2v) is 5.62. The molecule has 6 heteroatoms. The lowest BCUT2D eigenvalue weighted by atomic mass is 10.1. The van der Waals surface area contributed by atoms with Crippen LogP contribution in [-0.4, -0.2) is 23.6 Å². The van der Waals surface area contributed by atoms with Gasteiger partial charge in [-0.15, -0.1) is 0 Å². The van der Waals surface area contributed by atoms with Gasteiger partial charge in [-0.05, 0) is 19.4 Å². The maximum Gasteiger partial charge on any atom is 0.212 e. The van der Waals surface area contributed by atoms with Crippen LogP contribution in [0.4, 0.5) is 0 Å². The van der Waals surface area contributed by atoms with Gasteiger partial charge in [-0.3, -0.25) is 0 Å². The Labute approximate surface area is 89.8 Å². The van der Waals surface area contributed by atoms with Crippen molar-refractivity contribution in [2.75, 3.05) is 0 Å². The van der Waals surface area contributed by atoms with Gasteiger partial charge in [0.15, 0.2) is 0 Å². The first kappa shape index (κ1) is 12.1. The number of primary sulfonamides is 1. The molecule has 0 saturated heterocycles. The predicted molar refractivity (Wildman–Crippen MR) is 57.8 cm³/mol. The average molecular weight is 229 g/mol. The van der Waals surface area contributed by atoms with E-state index in [4.69, 9.17) is 5.14 Å². The van der Waals surface area contributed by atoms with E-state index in [-0.39, 0.29) is 5.92 Å². The zero-order valence-electron chi connectivity index (χ0n) is 9.01. The summed E-state index contributed by atoms with van der Waals surface area (Å²) in [5, 5.41) is 4.38. The molecule has 0 aromatic carbocycles. The highest BCUT2D eigenvalue weighted by atomic mass is 32.2. The molecule has 84 valence electrons. The minimum Gasteiger partial charge on any atom is -0.241 e. The predicted octanol–water partition coefficient (Wildman–Crippen LogP) is 0.566. The lowest BCUT2D eigenvalue weighted by Gasteiger charge is -2.16. The van der Waals surface area contributed by atoms with Gasteiger partial charge in [-0.1, -0.05) is 6.92 Å². The van der Waals surface area contributed by atoms with Crippen molar-refractivity contribution in [3.63, 3.8) is 0 Å². The lowest BCUT2D eigenvalue weighted by Crippen LogP contribution is -2.31. The summed E-state index contributed by atoms with van der Waals surface area (Å²) in [5.41, 5.74) is 0.939. The number of aromatic nitrogens is 2. The molecule has 15 heavy (non-hydrogen) atoms. The Morgan fingerprint density at radius 2 is 1.73 bits per heavy atom. The topological polar surface area (TPSA) is 85.9 Å². The zero-order chi connectivity index (χ0) is 11.6. The first-order valence-corrected chi connectivity index (χ1v) is 6.23. The van der Waals surface area contributed by atoms with E-state index in [0.717, 1.165) is 5.56 Å². The summed E-state index contributed by atoms with van der Waals surface area (Å²) in [7, 11) is -3.54. The smallest absolute Gasteiger partial charge is 0.212 e. The number of hydrogen-bond donors (Lipinski definition) is 1. The fraction of sp³-hybridized carbons (Fsp3) is 0.556. The number of rotatable bonds is 3. The van der Waals surface area contributed by atoms with Gasteiger partial charge in [0.25, 0.3) is 0 Å². The maximum atomic E-state index is 11.1. The minimum absolute atomic E-state index is 0.305. The fourth-order valence-corrected chi connectivity index (χ4v) is 1.82. The highest BCUT2D eigenvalue weighted by Crippen LogP contribution is 2.18. The molecule has 1 aromatic rings. The normalized spacial score (nSPS) is 16.0. The third kappa shape index (κ3) is 2.97. The summed E-state index contributed by atoms with van der Waals surface area (Å²) in [6, 6.07) is 0. The fourth-order valence-electron chi connectivity index (χ4n) is 1.13. The van der Waals surface area contributed by atoms with Crippen LogP contribution in [0.2, 0.25) is 0 Å². The van der Waals surface area contributed by atoms with E-state index in [2.05, 4.69) is 9.97 Å². The highest BCUT2D eigenvalue weighted by molar-refractivity contribution is 7.89. The van der Waals surface area contributed by atoms with Crippen molar-refractivity contribution >= 4 is 10.0 Å². The second-order valence-electron chi connectivity index (χ2n) is 3.70. The van der Waals surface area contributed by atoms with Gasteiger partial charge < -0.3 is 0 Å². The molecule has 1 rings (SSSR count). The highest BCUT2D eigenvalue weighted by Gasteiger charge is 2.25. The molecule has 0 amide bonds. The second kappa shape index (κ2) is 4.24. The van der Waals surface area contributed by atoms with Crippen molar-refractivity contribution in [3.8, 4) is 0 Å². The Balaban J connectivity index is 2.95. The molecule has 0 bridgehead atoms. The molecule has 0 spiro atoms. The van der Waals surface area contributed by atoms with Gasteiger partial charge in [0, 0.05) is 18.3 Å². The maximum absolute atomic E-state index is 11.1. The Hall–Kier alpha value is -1.01. The summed E-state index contributed by atoms with van der Waals surface area (Å²) in [5.74, 6) is 0.197. The van der Waals surface area contributed by atoms with Crippen molar-refractivity contribution in [1.82, 2.24) is 9.97 Å². The van der Waals surface area contributed by atoms with Gasteiger partial charge in [0.2, 0.25) is 10.0 Å². The van der Waals surface area contributed by atoms with Crippen molar-refractivity contribution < 1.29 is 8.42 Å². The molecule has 0 aliphatic rings. The van der Waals surface area contributed by atoms with Gasteiger partial charge in [0.1, 0.15) is 5.82 Å². The largest absolute Gasteiger partial charge is 0.241 e. The van der Waals surface area contributed by atoms with Gasteiger partial charge in [-0.2, -0.15) is 0 Å². The third-order valence-electron chi connectivity index (χ3n) is 2.43. The SMILES string of the molecule is Cc1cnc([C@@H](C)[C@H](C)S(N)(=O)=O)nc1. The summed E-state index contributed by atoms with van der Waals surface area (Å²) in [4.78, 5) is 8.16. The molecule has 0 fully saturated rings. The van der Waals surface area contributed by atoms with Crippen LogP contribution < -0.4 is 5.14 Å². The van der Waals surface area contributed by atoms with Crippen LogP contribution in [0.1, 0.15) is 31.2 Å². The summed E-state index contributed by atoms with van der Waals surface area (Å²) in [6.07, 6.45) is 3.32. The molecular formula is C9H15N3O2S. The quantitative estimate of drug-likeness (QED) is 0.820. The van der Waals surface area contributed by atoms with E-state index in [0.29, 0.717) is 5.82 Å². The molecule has 0 aliphatic heterocycles. The minimum atomic E-state index is -3.54. The van der Waals surface area contributed by atoms with Crippen LogP contribution in [0.5, 0.6) is 0 Å². The van der Waals surface area contributed by atoms with Crippen LogP contribution >= 0.6 is 0 Å². The first-order chi connectivity index (χ1) is 6.82. The van der Waals surface area contributed by atoms with Crippen LogP contribution in [0.15, 0.2) is 12.4 Å². The summed E-state index contributed by atoms with van der Waals surface area (Å²) >= 11 is 0. The van der Waals surface area contributed by atoms with Crippen LogP contribution in [0, 0.1) is 6.92 Å². The van der Waals surface area contributed by atoms with Gasteiger partial charge in [0.05, 0.1) is 5.25 Å². The van der Waals surface area contributed by atoms with Crippen molar-refractivity contribution in [3.05, 3.63) is 23.8 Å². The molecular weight excluding hydrogens is 214 g/mol. The standard InChI is InChI=1S/C9H15N3O2S/c1-6-4-11-9(12-5-6)7(2)8(3)15(10,13)14/h4-5,7-8H,1-3H3,(H2,10,13,14)/t7-,8-/m0/s1. The van der Waals surface area contributed by atoms with E-state index in [9.17, 15) is 8.42 Å². The molecule has 2 N–H and O–H groups in total. The van der Waals surface area contributed by atoms with E-state index in [1.165, 1.54) is 0 Å². The third-order valence-corrected chi connectivity index (χ3v) is 3.88. The summed E-state index contributed by atoms with van der Waals surface area (Å²) in [6.45, 7) is 5.18. The number of nitrogens with two attached hydrogens (primary N) is 1. The Kier molecular flexibility index (Phi) is 3.41. The lowest BCUT2D eigenvalue weighted by molar-refractivity contribution is 0.564. The average Bonchev–Trinajstić information content (AvgIpc) is 2.15. The number of nitrogens with zero attached hydrogens (tertiary/aromatic N) is 2. The van der Waals surface area contributed by atoms with Crippen LogP contribution in [-0.2, 0) is 10.0 Å². The molecule has 0 radical (unpaired) electrons. The van der Waals surface area contributed by atoms with Crippen molar-refractivity contribution in [2.45, 2.75) is 31.9 Å². The monoisotopic (exact) mass is 229 g/mol. The van der Waals surface area contributed by atoms with E-state index in [1.54, 1.807) is 26.2 Å². The van der Waals surface area contributed by atoms with Crippen molar-refractivity contribution in [2.24, 2.45) is 5.14 Å². The number of sulfonamides is 1. The molecule has 2 atom stereocenters. The molecule has 0 unspecified atom stereocenters. The first-order valence-electron chi connectivity index (χ1n) is 4.62. The molecule has 1 heterocycles. The summed E-state index contributed by atoms with van der Waals surface area (Å²) < 4.78 is 22.3. The molecule has 0 saturated carbocycles. The van der Waals surface area contributed by atoms with Crippen molar-refractivity contribution in [1.29, 1.82) is 0 Å². The van der Waals surface area contributed by atoms with Crippen LogP contribution in [0.3, 0.4) is 0 Å². The molecule has 0 aliphatic carbocycles. The van der Waals surface area contributed by atoms with E-state index >= 15 is 0 Å². The van der Waals surface area contributed by atoms with Crippen LogP contribution in [0.25, 0.3) is 0 Å². The molecule has 1 aromatic heterocycles. The number of aryl methyl sites for hydroxylation is 1. The Morgan fingerprint density at radius 1 is 1.27 bits per heavy atom. The van der Waals surface area contributed by atoms with E-state index in [1.807, 2.05) is 6.92 Å². The Bertz CT molecular complexity index is 427. The molecule has 5 nitrogen and oxygen atoms in total. The Morgan fingerprint density at radius 3 is 2.13 bits per heavy atom. The zero-order valence-corrected chi connectivity index (χ0v) is 9.82. The van der Waals surface area contributed by atoms with Gasteiger partial charge >= 0.3 is 0 Å².